The van der Waals surface area contributed by atoms with E-state index in [-0.39, 0.29) is 6.04 Å². The lowest BCUT2D eigenvalue weighted by Crippen LogP contribution is -2.11. The van der Waals surface area contributed by atoms with Crippen LogP contribution in [0.3, 0.4) is 0 Å². The van der Waals surface area contributed by atoms with Crippen LogP contribution < -0.4 is 5.73 Å². The summed E-state index contributed by atoms with van der Waals surface area (Å²) in [6.45, 7) is 0. The van der Waals surface area contributed by atoms with E-state index in [9.17, 15) is 0 Å². The highest BCUT2D eigenvalue weighted by atomic mass is 14.6. The Hall–Kier alpha value is -1.08. The quantitative estimate of drug-likeness (QED) is 0.743. The van der Waals surface area contributed by atoms with Crippen LogP contribution in [0.5, 0.6) is 0 Å². The molecule has 1 heteroatoms. The maximum absolute atomic E-state index is 6.19. The molecule has 2 N–H and O–H groups in total. The highest BCUT2D eigenvalue weighted by Gasteiger charge is 2.10. The summed E-state index contributed by atoms with van der Waals surface area (Å²) in [5.74, 6) is 0. The Bertz CT molecular complexity index is 326. The number of benzene rings is 1. The van der Waals surface area contributed by atoms with E-state index in [4.69, 9.17) is 5.73 Å². The van der Waals surface area contributed by atoms with Crippen molar-refractivity contribution in [3.8, 4) is 0 Å². The average molecular weight is 201 g/mol. The van der Waals surface area contributed by atoms with Crippen molar-refractivity contribution in [1.29, 1.82) is 0 Å². The molecule has 0 saturated heterocycles. The molecule has 1 aromatic carbocycles. The summed E-state index contributed by atoms with van der Waals surface area (Å²) < 4.78 is 0. The third-order valence-corrected chi connectivity index (χ3v) is 3.09. The Morgan fingerprint density at radius 1 is 1.13 bits per heavy atom. The van der Waals surface area contributed by atoms with Crippen LogP contribution in [0.25, 0.3) is 0 Å². The molecule has 15 heavy (non-hydrogen) atoms. The largest absolute Gasteiger partial charge is 0.324 e. The second-order valence-electron chi connectivity index (χ2n) is 4.33. The molecule has 0 aliphatic heterocycles. The highest BCUT2D eigenvalue weighted by molar-refractivity contribution is 5.21. The van der Waals surface area contributed by atoms with E-state index in [0.29, 0.717) is 0 Å². The number of allylic oxidation sites excluding steroid dienone is 1. The fourth-order valence-corrected chi connectivity index (χ4v) is 2.19. The molecule has 1 aliphatic rings. The van der Waals surface area contributed by atoms with E-state index >= 15 is 0 Å². The van der Waals surface area contributed by atoms with Gasteiger partial charge in [-0.05, 0) is 37.7 Å². The number of rotatable bonds is 3. The van der Waals surface area contributed by atoms with Crippen molar-refractivity contribution >= 4 is 0 Å². The first-order valence-corrected chi connectivity index (χ1v) is 5.84. The Balaban J connectivity index is 1.97. The molecule has 1 aliphatic carbocycles. The van der Waals surface area contributed by atoms with Crippen LogP contribution in [0.1, 0.15) is 43.7 Å². The summed E-state index contributed by atoms with van der Waals surface area (Å²) in [7, 11) is 0. The van der Waals surface area contributed by atoms with Crippen LogP contribution in [0, 0.1) is 0 Å². The van der Waals surface area contributed by atoms with Crippen molar-refractivity contribution in [1.82, 2.24) is 0 Å². The molecule has 1 atom stereocenters. The van der Waals surface area contributed by atoms with Gasteiger partial charge in [-0.1, -0.05) is 42.0 Å². The molecule has 0 amide bonds. The fourth-order valence-electron chi connectivity index (χ4n) is 2.19. The predicted octanol–water partition coefficient (Wildman–Crippen LogP) is 3.58. The van der Waals surface area contributed by atoms with Crippen molar-refractivity contribution in [2.75, 3.05) is 0 Å². The van der Waals surface area contributed by atoms with E-state index in [1.807, 2.05) is 6.07 Å². The summed E-state index contributed by atoms with van der Waals surface area (Å²) in [6, 6.07) is 10.6. The second-order valence-corrected chi connectivity index (χ2v) is 4.33. The zero-order valence-electron chi connectivity index (χ0n) is 9.15. The molecular weight excluding hydrogens is 182 g/mol. The van der Waals surface area contributed by atoms with Gasteiger partial charge in [0, 0.05) is 6.04 Å². The third-order valence-electron chi connectivity index (χ3n) is 3.09. The maximum atomic E-state index is 6.19. The first-order chi connectivity index (χ1) is 7.36. The summed E-state index contributed by atoms with van der Waals surface area (Å²) in [4.78, 5) is 0. The van der Waals surface area contributed by atoms with Crippen LogP contribution in [0.2, 0.25) is 0 Å². The standard InChI is InChI=1S/C14H19N/c15-14(13-9-5-2-6-10-13)11-12-7-3-1-4-8-12/h2,5-7,9-10,14H,1,3-4,8,11,15H2. The molecule has 2 rings (SSSR count). The monoisotopic (exact) mass is 201 g/mol. The molecule has 1 nitrogen and oxygen atoms in total. The number of hydrogen-bond acceptors (Lipinski definition) is 1. The van der Waals surface area contributed by atoms with Gasteiger partial charge in [-0.3, -0.25) is 0 Å². The molecule has 0 spiro atoms. The number of hydrogen-bond donors (Lipinski definition) is 1. The van der Waals surface area contributed by atoms with Gasteiger partial charge >= 0.3 is 0 Å². The van der Waals surface area contributed by atoms with Gasteiger partial charge < -0.3 is 5.73 Å². The lowest BCUT2D eigenvalue weighted by atomic mass is 9.92. The van der Waals surface area contributed by atoms with Gasteiger partial charge in [0.25, 0.3) is 0 Å². The topological polar surface area (TPSA) is 26.0 Å². The Labute approximate surface area is 92.0 Å². The van der Waals surface area contributed by atoms with Gasteiger partial charge in [-0.25, -0.2) is 0 Å². The Morgan fingerprint density at radius 3 is 2.60 bits per heavy atom. The molecular formula is C14H19N. The van der Waals surface area contributed by atoms with Crippen molar-refractivity contribution in [2.24, 2.45) is 5.73 Å². The molecule has 0 heterocycles. The minimum Gasteiger partial charge on any atom is -0.324 e. The minimum atomic E-state index is 0.176. The van der Waals surface area contributed by atoms with Gasteiger partial charge in [-0.15, -0.1) is 0 Å². The van der Waals surface area contributed by atoms with Crippen LogP contribution in [0.15, 0.2) is 42.0 Å². The molecule has 1 aromatic rings. The van der Waals surface area contributed by atoms with E-state index in [2.05, 4.69) is 30.3 Å². The molecule has 0 saturated carbocycles. The summed E-state index contributed by atoms with van der Waals surface area (Å²) in [5, 5.41) is 0. The number of nitrogens with two attached hydrogens (primary N) is 1. The zero-order valence-corrected chi connectivity index (χ0v) is 9.15. The first kappa shape index (κ1) is 10.4. The first-order valence-electron chi connectivity index (χ1n) is 5.84. The van der Waals surface area contributed by atoms with Gasteiger partial charge in [0.05, 0.1) is 0 Å². The molecule has 0 radical (unpaired) electrons. The summed E-state index contributed by atoms with van der Waals surface area (Å²) >= 11 is 0. The van der Waals surface area contributed by atoms with Crippen molar-refractivity contribution < 1.29 is 0 Å². The lowest BCUT2D eigenvalue weighted by Gasteiger charge is -2.17. The fraction of sp³-hybridized carbons (Fsp3) is 0.429. The van der Waals surface area contributed by atoms with Gasteiger partial charge in [-0.2, -0.15) is 0 Å². The average Bonchev–Trinajstić information content (AvgIpc) is 2.31. The Morgan fingerprint density at radius 2 is 1.93 bits per heavy atom. The van der Waals surface area contributed by atoms with Crippen molar-refractivity contribution in [2.45, 2.75) is 38.1 Å². The Kier molecular flexibility index (Phi) is 3.57. The van der Waals surface area contributed by atoms with Crippen molar-refractivity contribution in [3.63, 3.8) is 0 Å². The SMILES string of the molecule is NC(CC1=CCCCC1)c1ccccc1. The van der Waals surface area contributed by atoms with Gasteiger partial charge in [0.1, 0.15) is 0 Å². The van der Waals surface area contributed by atoms with Crippen LogP contribution in [-0.4, -0.2) is 0 Å². The van der Waals surface area contributed by atoms with E-state index < -0.39 is 0 Å². The van der Waals surface area contributed by atoms with Crippen LogP contribution in [-0.2, 0) is 0 Å². The molecule has 0 aromatic heterocycles. The van der Waals surface area contributed by atoms with Crippen LogP contribution >= 0.6 is 0 Å². The van der Waals surface area contributed by atoms with E-state index in [1.54, 1.807) is 5.57 Å². The van der Waals surface area contributed by atoms with Gasteiger partial charge in [0.2, 0.25) is 0 Å². The summed E-state index contributed by atoms with van der Waals surface area (Å²) in [6.07, 6.45) is 8.60. The molecule has 1 unspecified atom stereocenters. The van der Waals surface area contributed by atoms with Crippen molar-refractivity contribution in [3.05, 3.63) is 47.5 Å². The van der Waals surface area contributed by atoms with E-state index in [1.165, 1.54) is 31.2 Å². The molecule has 0 fully saturated rings. The predicted molar refractivity (Wildman–Crippen MR) is 64.5 cm³/mol. The molecule has 80 valence electrons. The smallest absolute Gasteiger partial charge is 0.0332 e. The lowest BCUT2D eigenvalue weighted by molar-refractivity contribution is 0.628. The zero-order chi connectivity index (χ0) is 10.5. The van der Waals surface area contributed by atoms with Crippen LogP contribution in [0.4, 0.5) is 0 Å². The van der Waals surface area contributed by atoms with Gasteiger partial charge in [0.15, 0.2) is 0 Å². The summed E-state index contributed by atoms with van der Waals surface area (Å²) in [5.41, 5.74) is 8.99. The molecule has 0 bridgehead atoms. The third kappa shape index (κ3) is 2.93. The van der Waals surface area contributed by atoms with E-state index in [0.717, 1.165) is 6.42 Å². The maximum Gasteiger partial charge on any atom is 0.0332 e. The normalized spacial score (nSPS) is 18.3. The second kappa shape index (κ2) is 5.13. The minimum absolute atomic E-state index is 0.176. The highest BCUT2D eigenvalue weighted by Crippen LogP contribution is 2.25.